The van der Waals surface area contributed by atoms with E-state index in [0.717, 1.165) is 37.2 Å². The maximum atomic E-state index is 12.6. The lowest BCUT2D eigenvalue weighted by Crippen LogP contribution is -2.42. The Hall–Kier alpha value is -0.430. The van der Waals surface area contributed by atoms with Gasteiger partial charge in [0, 0.05) is 18.0 Å². The Bertz CT molecular complexity index is 525. The zero-order valence-electron chi connectivity index (χ0n) is 12.3. The first-order chi connectivity index (χ1) is 9.54. The Morgan fingerprint density at radius 2 is 2.25 bits per heavy atom. The van der Waals surface area contributed by atoms with E-state index in [1.807, 2.05) is 13.0 Å². The largest absolute Gasteiger partial charge is 0.316 e. The fourth-order valence-electron chi connectivity index (χ4n) is 2.57. The first kappa shape index (κ1) is 15.9. The zero-order chi connectivity index (χ0) is 14.6. The fraction of sp³-hybridized carbons (Fsp3) is 0.714. The van der Waals surface area contributed by atoms with E-state index in [0.29, 0.717) is 23.2 Å². The van der Waals surface area contributed by atoms with E-state index in [4.69, 9.17) is 0 Å². The van der Waals surface area contributed by atoms with Gasteiger partial charge in [-0.1, -0.05) is 6.92 Å². The molecule has 4 nitrogen and oxygen atoms in total. The standard InChI is InChI=1S/C14H24N2O2S2/c1-3-8-15-10-13-5-4-9-16(11-13)20(17,18)14-7-6-12(2)19-14/h6-7,13,15H,3-5,8-11H2,1-2H3. The summed E-state index contributed by atoms with van der Waals surface area (Å²) in [6, 6.07) is 3.61. The van der Waals surface area contributed by atoms with Gasteiger partial charge in [-0.25, -0.2) is 8.42 Å². The van der Waals surface area contributed by atoms with Gasteiger partial charge in [0.15, 0.2) is 0 Å². The summed E-state index contributed by atoms with van der Waals surface area (Å²) in [5.41, 5.74) is 0. The highest BCUT2D eigenvalue weighted by Crippen LogP contribution is 2.27. The van der Waals surface area contributed by atoms with Crippen molar-refractivity contribution in [2.24, 2.45) is 5.92 Å². The van der Waals surface area contributed by atoms with Crippen LogP contribution in [0.25, 0.3) is 0 Å². The molecule has 1 aliphatic heterocycles. The quantitative estimate of drug-likeness (QED) is 0.820. The molecule has 6 heteroatoms. The molecule has 1 unspecified atom stereocenters. The number of hydrogen-bond acceptors (Lipinski definition) is 4. The number of nitrogens with zero attached hydrogens (tertiary/aromatic N) is 1. The summed E-state index contributed by atoms with van der Waals surface area (Å²) in [7, 11) is -3.28. The minimum Gasteiger partial charge on any atom is -0.316 e. The fourth-order valence-corrected chi connectivity index (χ4v) is 5.57. The van der Waals surface area contributed by atoms with Crippen LogP contribution < -0.4 is 5.32 Å². The summed E-state index contributed by atoms with van der Waals surface area (Å²) in [6.45, 7) is 7.32. The van der Waals surface area contributed by atoms with Crippen molar-refractivity contribution in [3.63, 3.8) is 0 Å². The van der Waals surface area contributed by atoms with Crippen LogP contribution in [0.2, 0.25) is 0 Å². The maximum Gasteiger partial charge on any atom is 0.252 e. The van der Waals surface area contributed by atoms with E-state index in [2.05, 4.69) is 12.2 Å². The molecule has 2 rings (SSSR count). The van der Waals surface area contributed by atoms with E-state index in [1.165, 1.54) is 11.3 Å². The van der Waals surface area contributed by atoms with Gasteiger partial charge in [-0.05, 0) is 57.3 Å². The average molecular weight is 316 g/mol. The third kappa shape index (κ3) is 3.81. The van der Waals surface area contributed by atoms with Crippen molar-refractivity contribution in [3.8, 4) is 0 Å². The van der Waals surface area contributed by atoms with Gasteiger partial charge in [-0.2, -0.15) is 4.31 Å². The molecule has 0 aliphatic carbocycles. The highest BCUT2D eigenvalue weighted by molar-refractivity contribution is 7.91. The van der Waals surface area contributed by atoms with Crippen molar-refractivity contribution in [1.29, 1.82) is 0 Å². The number of thiophene rings is 1. The second-order valence-corrected chi connectivity index (χ2v) is 8.89. The molecule has 1 aliphatic rings. The first-order valence-electron chi connectivity index (χ1n) is 7.31. The smallest absolute Gasteiger partial charge is 0.252 e. The summed E-state index contributed by atoms with van der Waals surface area (Å²) in [5.74, 6) is 0.436. The van der Waals surface area contributed by atoms with Crippen molar-refractivity contribution < 1.29 is 8.42 Å². The molecule has 0 spiro atoms. The van der Waals surface area contributed by atoms with E-state index in [9.17, 15) is 8.42 Å². The van der Waals surface area contributed by atoms with Gasteiger partial charge in [-0.3, -0.25) is 0 Å². The second-order valence-electron chi connectivity index (χ2n) is 5.44. The minimum absolute atomic E-state index is 0.436. The Morgan fingerprint density at radius 3 is 2.90 bits per heavy atom. The normalized spacial score (nSPS) is 21.2. The lowest BCUT2D eigenvalue weighted by Gasteiger charge is -2.31. The molecule has 1 fully saturated rings. The lowest BCUT2D eigenvalue weighted by molar-refractivity contribution is 0.261. The van der Waals surface area contributed by atoms with Crippen molar-refractivity contribution in [2.45, 2.75) is 37.3 Å². The molecular formula is C14H24N2O2S2. The molecule has 0 bridgehead atoms. The number of sulfonamides is 1. The number of nitrogens with one attached hydrogen (secondary N) is 1. The molecule has 1 aromatic rings. The lowest BCUT2D eigenvalue weighted by atomic mass is 10.00. The monoisotopic (exact) mass is 316 g/mol. The Kier molecular flexibility index (Phi) is 5.60. The molecule has 1 saturated heterocycles. The maximum absolute atomic E-state index is 12.6. The van der Waals surface area contributed by atoms with Crippen LogP contribution in [0.3, 0.4) is 0 Å². The highest BCUT2D eigenvalue weighted by Gasteiger charge is 2.30. The molecule has 0 aromatic carbocycles. The van der Waals surface area contributed by atoms with Crippen LogP contribution in [-0.4, -0.2) is 38.9 Å². The van der Waals surface area contributed by atoms with Gasteiger partial charge in [0.25, 0.3) is 10.0 Å². The molecule has 1 atom stereocenters. The number of aryl methyl sites for hydroxylation is 1. The topological polar surface area (TPSA) is 49.4 Å². The SMILES string of the molecule is CCCNCC1CCCN(S(=O)(=O)c2ccc(C)s2)C1. The van der Waals surface area contributed by atoms with Gasteiger partial charge in [0.2, 0.25) is 0 Å². The van der Waals surface area contributed by atoms with E-state index >= 15 is 0 Å². The first-order valence-corrected chi connectivity index (χ1v) is 9.57. The molecule has 2 heterocycles. The number of rotatable bonds is 6. The predicted molar refractivity (Wildman–Crippen MR) is 83.7 cm³/mol. The van der Waals surface area contributed by atoms with Crippen LogP contribution in [0.4, 0.5) is 0 Å². The molecule has 1 aromatic heterocycles. The predicted octanol–water partition coefficient (Wildman–Crippen LogP) is 2.46. The summed E-state index contributed by atoms with van der Waals surface area (Å²) < 4.78 is 27.3. The van der Waals surface area contributed by atoms with Gasteiger partial charge >= 0.3 is 0 Å². The van der Waals surface area contributed by atoms with Crippen LogP contribution in [0.1, 0.15) is 31.1 Å². The molecule has 0 saturated carbocycles. The Labute approximate surface area is 126 Å². The third-order valence-corrected chi connectivity index (χ3v) is 6.98. The van der Waals surface area contributed by atoms with Crippen molar-refractivity contribution in [1.82, 2.24) is 9.62 Å². The molecule has 1 N–H and O–H groups in total. The third-order valence-electron chi connectivity index (χ3n) is 3.65. The van der Waals surface area contributed by atoms with Gasteiger partial charge in [0.1, 0.15) is 4.21 Å². The van der Waals surface area contributed by atoms with Crippen LogP contribution in [0, 0.1) is 12.8 Å². The Balaban J connectivity index is 2.01. The van der Waals surface area contributed by atoms with Crippen molar-refractivity contribution >= 4 is 21.4 Å². The van der Waals surface area contributed by atoms with E-state index in [1.54, 1.807) is 10.4 Å². The molecule has 114 valence electrons. The second kappa shape index (κ2) is 7.02. The van der Waals surface area contributed by atoms with Gasteiger partial charge in [-0.15, -0.1) is 11.3 Å². The van der Waals surface area contributed by atoms with Crippen LogP contribution in [-0.2, 0) is 10.0 Å². The molecule has 0 radical (unpaired) electrons. The van der Waals surface area contributed by atoms with Gasteiger partial charge in [0.05, 0.1) is 0 Å². The van der Waals surface area contributed by atoms with Crippen LogP contribution in [0.15, 0.2) is 16.3 Å². The van der Waals surface area contributed by atoms with E-state index < -0.39 is 10.0 Å². The van der Waals surface area contributed by atoms with Crippen LogP contribution >= 0.6 is 11.3 Å². The summed E-state index contributed by atoms with van der Waals surface area (Å²) in [4.78, 5) is 1.04. The van der Waals surface area contributed by atoms with Crippen LogP contribution in [0.5, 0.6) is 0 Å². The average Bonchev–Trinajstić information content (AvgIpc) is 2.87. The summed E-state index contributed by atoms with van der Waals surface area (Å²) in [6.07, 6.45) is 3.19. The van der Waals surface area contributed by atoms with E-state index in [-0.39, 0.29) is 0 Å². The summed E-state index contributed by atoms with van der Waals surface area (Å²) in [5, 5.41) is 3.40. The van der Waals surface area contributed by atoms with Crippen molar-refractivity contribution in [2.75, 3.05) is 26.2 Å². The molecule has 0 amide bonds. The number of hydrogen-bond donors (Lipinski definition) is 1. The zero-order valence-corrected chi connectivity index (χ0v) is 13.9. The van der Waals surface area contributed by atoms with Crippen molar-refractivity contribution in [3.05, 3.63) is 17.0 Å². The minimum atomic E-state index is -3.28. The number of piperidine rings is 1. The molecular weight excluding hydrogens is 292 g/mol. The van der Waals surface area contributed by atoms with Gasteiger partial charge < -0.3 is 5.32 Å². The highest BCUT2D eigenvalue weighted by atomic mass is 32.2. The summed E-state index contributed by atoms with van der Waals surface area (Å²) >= 11 is 1.37. The Morgan fingerprint density at radius 1 is 1.45 bits per heavy atom. The molecule has 20 heavy (non-hydrogen) atoms.